The van der Waals surface area contributed by atoms with Crippen molar-refractivity contribution in [1.82, 2.24) is 34.4 Å². The van der Waals surface area contributed by atoms with Crippen LogP contribution < -0.4 is 11.1 Å². The second-order valence-electron chi connectivity index (χ2n) is 14.7. The number of aryl methyl sites for hydroxylation is 2. The first-order valence-electron chi connectivity index (χ1n) is 19.8. The van der Waals surface area contributed by atoms with Gasteiger partial charge < -0.3 is 25.6 Å². The summed E-state index contributed by atoms with van der Waals surface area (Å²) < 4.78 is 23.3. The fourth-order valence-corrected chi connectivity index (χ4v) is 7.80. The summed E-state index contributed by atoms with van der Waals surface area (Å²) in [5.74, 6) is -1.46. The van der Waals surface area contributed by atoms with Crippen molar-refractivity contribution in [2.45, 2.75) is 72.3 Å². The molecule has 2 fully saturated rings. The summed E-state index contributed by atoms with van der Waals surface area (Å²) in [6.07, 6.45) is 4.14. The lowest BCUT2D eigenvalue weighted by Crippen LogP contribution is -2.45. The Morgan fingerprint density at radius 2 is 1.64 bits per heavy atom. The van der Waals surface area contributed by atoms with Crippen molar-refractivity contribution < 1.29 is 18.7 Å². The summed E-state index contributed by atoms with van der Waals surface area (Å²) in [6.45, 7) is 14.5. The Morgan fingerprint density at radius 1 is 0.893 bits per heavy atom. The largest absolute Gasteiger partial charge is 0.381 e. The Morgan fingerprint density at radius 3 is 2.38 bits per heavy atom. The number of aromatic nitrogens is 4. The third-order valence-electron chi connectivity index (χ3n) is 11.0. The highest BCUT2D eigenvalue weighted by atomic mass is 19.1. The number of hydrogen-bond donors (Lipinski definition) is 2. The Hall–Kier alpha value is -5.24. The van der Waals surface area contributed by atoms with E-state index in [0.717, 1.165) is 96.8 Å². The Kier molecular flexibility index (Phi) is 12.3. The van der Waals surface area contributed by atoms with Gasteiger partial charge in [0.1, 0.15) is 17.2 Å². The van der Waals surface area contributed by atoms with Crippen LogP contribution in [0.4, 0.5) is 10.1 Å². The summed E-state index contributed by atoms with van der Waals surface area (Å²) in [7, 11) is 0. The number of carbonyl (C=O) groups is 2. The molecule has 0 bridgehead atoms. The Labute approximate surface area is 327 Å². The van der Waals surface area contributed by atoms with E-state index >= 15 is 4.39 Å². The van der Waals surface area contributed by atoms with Gasteiger partial charge in [-0.15, -0.1) is 0 Å². The number of anilines is 1. The predicted molar refractivity (Wildman–Crippen MR) is 216 cm³/mol. The minimum Gasteiger partial charge on any atom is -0.381 e. The average molecular weight is 762 g/mol. The highest BCUT2D eigenvalue weighted by Crippen LogP contribution is 2.33. The van der Waals surface area contributed by atoms with Gasteiger partial charge in [-0.1, -0.05) is 44.2 Å². The van der Waals surface area contributed by atoms with Crippen LogP contribution in [-0.2, 0) is 37.3 Å². The number of pyridine rings is 2. The molecule has 0 saturated carbocycles. The summed E-state index contributed by atoms with van der Waals surface area (Å²) in [5.41, 5.74) is 12.2. The van der Waals surface area contributed by atoms with Crippen LogP contribution in [-0.4, -0.2) is 98.2 Å². The van der Waals surface area contributed by atoms with Crippen LogP contribution in [0.25, 0.3) is 22.2 Å². The van der Waals surface area contributed by atoms with E-state index in [-0.39, 0.29) is 36.3 Å². The third kappa shape index (κ3) is 8.75. The molecule has 2 amide bonds. The number of halogens is 1. The molecule has 2 saturated heterocycles. The topological polar surface area (TPSA) is 135 Å². The maximum atomic E-state index is 15.7. The molecule has 3 N–H and O–H groups in total. The molecule has 0 unspecified atom stereocenters. The van der Waals surface area contributed by atoms with Crippen LogP contribution in [0.5, 0.6) is 0 Å². The molecule has 2 aliphatic rings. The van der Waals surface area contributed by atoms with Gasteiger partial charge in [0, 0.05) is 81.9 Å². The van der Waals surface area contributed by atoms with Crippen molar-refractivity contribution >= 4 is 28.5 Å². The number of hydrogen-bond acceptors (Lipinski definition) is 9. The van der Waals surface area contributed by atoms with Crippen molar-refractivity contribution in [2.75, 3.05) is 51.3 Å². The first kappa shape index (κ1) is 39.0. The fourth-order valence-electron chi connectivity index (χ4n) is 7.80. The van der Waals surface area contributed by atoms with Crippen LogP contribution in [0.3, 0.4) is 0 Å². The maximum Gasteiger partial charge on any atom is 0.273 e. The summed E-state index contributed by atoms with van der Waals surface area (Å²) in [6, 6.07) is 17.9. The molecular weight excluding hydrogens is 710 g/mol. The van der Waals surface area contributed by atoms with Crippen LogP contribution in [0.15, 0.2) is 66.9 Å². The van der Waals surface area contributed by atoms with E-state index in [1.165, 1.54) is 12.1 Å². The SMILES string of the molecule is CCc1nc2c(cnn2CC)c(NC2CCOCC2)c1CN(Cc1ccc(F)c(-c2cccc(CN3CCN(CC)CC3)c2)c1)C(=O)c1cccc(C(N)=O)n1. The third-order valence-corrected chi connectivity index (χ3v) is 11.0. The fraction of sp³-hybridized carbons (Fsp3) is 0.419. The molecule has 0 spiro atoms. The molecule has 56 heavy (non-hydrogen) atoms. The first-order chi connectivity index (χ1) is 27.2. The van der Waals surface area contributed by atoms with Gasteiger partial charge in [0.2, 0.25) is 0 Å². The van der Waals surface area contributed by atoms with Gasteiger partial charge in [0.15, 0.2) is 5.65 Å². The normalized spacial score (nSPS) is 15.6. The quantitative estimate of drug-likeness (QED) is 0.142. The number of likely N-dealkylation sites (N-methyl/N-ethyl adjacent to an activating group) is 1. The zero-order chi connectivity index (χ0) is 39.2. The summed E-state index contributed by atoms with van der Waals surface area (Å²) in [4.78, 5) is 42.8. The van der Waals surface area contributed by atoms with Crippen LogP contribution in [0.1, 0.15) is 77.0 Å². The number of nitrogens with two attached hydrogens (primary N) is 1. The molecular formula is C43H52FN9O3. The number of primary amides is 1. The van der Waals surface area contributed by atoms with Crippen LogP contribution in [0.2, 0.25) is 0 Å². The van der Waals surface area contributed by atoms with Crippen molar-refractivity contribution in [3.05, 3.63) is 106 Å². The molecule has 294 valence electrons. The van der Waals surface area contributed by atoms with Crippen molar-refractivity contribution in [2.24, 2.45) is 5.73 Å². The number of amides is 2. The van der Waals surface area contributed by atoms with Gasteiger partial charge in [-0.05, 0) is 79.8 Å². The first-order valence-corrected chi connectivity index (χ1v) is 19.8. The van der Waals surface area contributed by atoms with Crippen LogP contribution >= 0.6 is 0 Å². The zero-order valence-corrected chi connectivity index (χ0v) is 32.6. The molecule has 0 radical (unpaired) electrons. The van der Waals surface area contributed by atoms with E-state index < -0.39 is 11.8 Å². The van der Waals surface area contributed by atoms with E-state index in [0.29, 0.717) is 31.7 Å². The van der Waals surface area contributed by atoms with Gasteiger partial charge in [0.25, 0.3) is 11.8 Å². The smallest absolute Gasteiger partial charge is 0.273 e. The lowest BCUT2D eigenvalue weighted by molar-refractivity contribution is 0.0723. The lowest BCUT2D eigenvalue weighted by Gasteiger charge is -2.34. The van der Waals surface area contributed by atoms with E-state index in [1.54, 1.807) is 23.1 Å². The monoisotopic (exact) mass is 761 g/mol. The number of ether oxygens (including phenoxy) is 1. The molecule has 2 aromatic carbocycles. The minimum atomic E-state index is -0.723. The van der Waals surface area contributed by atoms with E-state index in [2.05, 4.69) is 51.2 Å². The molecule has 3 aromatic heterocycles. The van der Waals surface area contributed by atoms with Gasteiger partial charge in [-0.3, -0.25) is 14.5 Å². The number of fused-ring (bicyclic) bond motifs is 1. The molecule has 2 aliphatic heterocycles. The highest BCUT2D eigenvalue weighted by Gasteiger charge is 2.27. The molecule has 0 atom stereocenters. The highest BCUT2D eigenvalue weighted by molar-refractivity contribution is 5.96. The van der Waals surface area contributed by atoms with Crippen molar-refractivity contribution in [1.29, 1.82) is 0 Å². The molecule has 5 heterocycles. The molecule has 5 aromatic rings. The number of nitrogens with one attached hydrogen (secondary N) is 1. The molecule has 12 nitrogen and oxygen atoms in total. The van der Waals surface area contributed by atoms with Gasteiger partial charge in [-0.25, -0.2) is 19.0 Å². The molecule has 7 rings (SSSR count). The van der Waals surface area contributed by atoms with E-state index in [1.807, 2.05) is 36.0 Å². The zero-order valence-electron chi connectivity index (χ0n) is 32.6. The average Bonchev–Trinajstić information content (AvgIpc) is 3.65. The second-order valence-corrected chi connectivity index (χ2v) is 14.7. The Balaban J connectivity index is 1.25. The second kappa shape index (κ2) is 17.7. The standard InChI is InChI=1S/C43H52FN9O3/c1-4-37-35(40(47-32-15-21-56-22-16-32)34-25-46-53(6-3)42(34)49-37)28-52(43(55)39-12-8-11-38(48-39)41(45)54)27-30-13-14-36(44)33(24-30)31-10-7-9-29(23-31)26-51-19-17-50(5-2)18-20-51/h7-14,23-25,32H,4-6,15-22,26-28H2,1-3H3,(H2,45,54)(H,47,49). The summed E-state index contributed by atoms with van der Waals surface area (Å²) in [5, 5.41) is 9.34. The predicted octanol–water partition coefficient (Wildman–Crippen LogP) is 5.88. The minimum absolute atomic E-state index is 0.00169. The van der Waals surface area contributed by atoms with Gasteiger partial charge >= 0.3 is 0 Å². The van der Waals surface area contributed by atoms with E-state index in [4.69, 9.17) is 15.5 Å². The number of rotatable bonds is 14. The molecule has 13 heteroatoms. The van der Waals surface area contributed by atoms with E-state index in [9.17, 15) is 9.59 Å². The summed E-state index contributed by atoms with van der Waals surface area (Å²) >= 11 is 0. The van der Waals surface area contributed by atoms with Crippen molar-refractivity contribution in [3.63, 3.8) is 0 Å². The molecule has 0 aliphatic carbocycles. The number of nitrogens with zero attached hydrogens (tertiary/aromatic N) is 7. The Bertz CT molecular complexity index is 2180. The van der Waals surface area contributed by atoms with Crippen molar-refractivity contribution in [3.8, 4) is 11.1 Å². The van der Waals surface area contributed by atoms with Gasteiger partial charge in [0.05, 0.1) is 23.8 Å². The van der Waals surface area contributed by atoms with Crippen LogP contribution in [0, 0.1) is 5.82 Å². The number of piperazine rings is 1. The number of benzene rings is 2. The lowest BCUT2D eigenvalue weighted by atomic mass is 9.99. The van der Waals surface area contributed by atoms with Gasteiger partial charge in [-0.2, -0.15) is 5.10 Å². The maximum absolute atomic E-state index is 15.7. The number of carbonyl (C=O) groups excluding carboxylic acids is 2.